The molecule has 1 heterocycles. The lowest BCUT2D eigenvalue weighted by Gasteiger charge is -2.32. The van der Waals surface area contributed by atoms with Gasteiger partial charge in [-0.2, -0.15) is 11.8 Å². The van der Waals surface area contributed by atoms with Crippen LogP contribution in [0.5, 0.6) is 5.75 Å². The van der Waals surface area contributed by atoms with Crippen molar-refractivity contribution in [2.24, 2.45) is 0 Å². The summed E-state index contributed by atoms with van der Waals surface area (Å²) in [6.45, 7) is 0. The van der Waals surface area contributed by atoms with Gasteiger partial charge >= 0.3 is 0 Å². The van der Waals surface area contributed by atoms with Gasteiger partial charge in [0.2, 0.25) is 5.95 Å². The second kappa shape index (κ2) is 5.56. The fraction of sp³-hybridized carbons (Fsp3) is 0.533. The number of hydrogen-bond acceptors (Lipinski definition) is 4. The van der Waals surface area contributed by atoms with Gasteiger partial charge in [-0.05, 0) is 31.2 Å². The largest absolute Gasteiger partial charge is 0.497 e. The number of methoxy groups -OCH3 is 1. The molecular weight excluding hydrogens is 270 g/mol. The zero-order chi connectivity index (χ0) is 14.1. The zero-order valence-corrected chi connectivity index (χ0v) is 12.8. The molecule has 0 amide bonds. The lowest BCUT2D eigenvalue weighted by Crippen LogP contribution is -2.26. The molecule has 4 nitrogen and oxygen atoms in total. The molecule has 0 aliphatic heterocycles. The highest BCUT2D eigenvalue weighted by atomic mass is 32.2. The van der Waals surface area contributed by atoms with Crippen LogP contribution in [0.15, 0.2) is 18.2 Å². The first-order chi connectivity index (χ1) is 9.74. The summed E-state index contributed by atoms with van der Waals surface area (Å²) in [5.41, 5.74) is 8.24. The smallest absolute Gasteiger partial charge is 0.201 e. The normalized spacial score (nSPS) is 23.1. The molecule has 20 heavy (non-hydrogen) atoms. The molecule has 2 N–H and O–H groups in total. The minimum Gasteiger partial charge on any atom is -0.497 e. The van der Waals surface area contributed by atoms with Gasteiger partial charge < -0.3 is 15.0 Å². The van der Waals surface area contributed by atoms with Gasteiger partial charge in [0.15, 0.2) is 0 Å². The highest BCUT2D eigenvalue weighted by Crippen LogP contribution is 2.39. The number of rotatable bonds is 3. The summed E-state index contributed by atoms with van der Waals surface area (Å²) in [5, 5.41) is 0.630. The molecule has 1 aliphatic carbocycles. The number of ether oxygens (including phenoxy) is 1. The summed E-state index contributed by atoms with van der Waals surface area (Å²) in [4.78, 5) is 4.52. The Bertz CT molecular complexity index is 610. The van der Waals surface area contributed by atoms with Crippen LogP contribution in [0.2, 0.25) is 0 Å². The number of nitrogens with zero attached hydrogens (tertiary/aromatic N) is 2. The summed E-state index contributed by atoms with van der Waals surface area (Å²) >= 11 is 1.95. The fourth-order valence-corrected chi connectivity index (χ4v) is 4.19. The molecule has 3 rings (SSSR count). The highest BCUT2D eigenvalue weighted by Gasteiger charge is 2.28. The molecule has 1 aromatic heterocycles. The quantitative estimate of drug-likeness (QED) is 0.940. The van der Waals surface area contributed by atoms with Gasteiger partial charge in [-0.15, -0.1) is 0 Å². The minimum absolute atomic E-state index is 0.456. The Morgan fingerprint density at radius 1 is 1.35 bits per heavy atom. The molecule has 1 aliphatic rings. The maximum Gasteiger partial charge on any atom is 0.201 e. The van der Waals surface area contributed by atoms with E-state index in [0.717, 1.165) is 16.8 Å². The van der Waals surface area contributed by atoms with Crippen molar-refractivity contribution >= 4 is 28.7 Å². The Balaban J connectivity index is 2.08. The first-order valence-electron chi connectivity index (χ1n) is 7.09. The van der Waals surface area contributed by atoms with E-state index in [2.05, 4.69) is 21.9 Å². The van der Waals surface area contributed by atoms with E-state index in [1.165, 1.54) is 25.7 Å². The number of benzene rings is 1. The first kappa shape index (κ1) is 13.6. The molecule has 0 radical (unpaired) electrons. The lowest BCUT2D eigenvalue weighted by atomic mass is 9.94. The SMILES string of the molecule is COc1ccc2c(c1)nc(N)n2C1CCCCC1SC. The van der Waals surface area contributed by atoms with Crippen LogP contribution < -0.4 is 10.5 Å². The molecule has 1 fully saturated rings. The molecule has 1 aromatic carbocycles. The van der Waals surface area contributed by atoms with E-state index in [4.69, 9.17) is 10.5 Å². The lowest BCUT2D eigenvalue weighted by molar-refractivity contribution is 0.374. The molecule has 0 bridgehead atoms. The van der Waals surface area contributed by atoms with Crippen LogP contribution in [0.25, 0.3) is 11.0 Å². The number of nitrogen functional groups attached to an aromatic ring is 1. The molecule has 108 valence electrons. The monoisotopic (exact) mass is 291 g/mol. The number of anilines is 1. The highest BCUT2D eigenvalue weighted by molar-refractivity contribution is 7.99. The molecule has 2 unspecified atom stereocenters. The van der Waals surface area contributed by atoms with Crippen LogP contribution in [-0.4, -0.2) is 28.2 Å². The van der Waals surface area contributed by atoms with E-state index >= 15 is 0 Å². The molecular formula is C15H21N3OS. The van der Waals surface area contributed by atoms with Gasteiger partial charge in [0.1, 0.15) is 5.75 Å². The van der Waals surface area contributed by atoms with Crippen molar-refractivity contribution in [3.05, 3.63) is 18.2 Å². The number of fused-ring (bicyclic) bond motifs is 1. The first-order valence-corrected chi connectivity index (χ1v) is 8.37. The van der Waals surface area contributed by atoms with E-state index in [1.54, 1.807) is 7.11 Å². The van der Waals surface area contributed by atoms with Gasteiger partial charge in [0, 0.05) is 17.4 Å². The zero-order valence-electron chi connectivity index (χ0n) is 12.0. The fourth-order valence-electron chi connectivity index (χ4n) is 3.22. The van der Waals surface area contributed by atoms with Gasteiger partial charge in [-0.25, -0.2) is 4.98 Å². The van der Waals surface area contributed by atoms with Gasteiger partial charge in [-0.1, -0.05) is 12.8 Å². The summed E-state index contributed by atoms with van der Waals surface area (Å²) in [6, 6.07) is 6.47. The Morgan fingerprint density at radius 3 is 2.90 bits per heavy atom. The van der Waals surface area contributed by atoms with Crippen molar-refractivity contribution in [2.45, 2.75) is 37.0 Å². The number of hydrogen-bond donors (Lipinski definition) is 1. The Kier molecular flexibility index (Phi) is 3.78. The van der Waals surface area contributed by atoms with Crippen LogP contribution in [0.3, 0.4) is 0 Å². The van der Waals surface area contributed by atoms with E-state index in [-0.39, 0.29) is 0 Å². The number of imidazole rings is 1. The molecule has 5 heteroatoms. The average molecular weight is 291 g/mol. The van der Waals surface area contributed by atoms with E-state index in [1.807, 2.05) is 23.9 Å². The maximum atomic E-state index is 6.19. The van der Waals surface area contributed by atoms with Crippen molar-refractivity contribution in [1.29, 1.82) is 0 Å². The van der Waals surface area contributed by atoms with Crippen molar-refractivity contribution in [1.82, 2.24) is 9.55 Å². The summed E-state index contributed by atoms with van der Waals surface area (Å²) < 4.78 is 7.50. The summed E-state index contributed by atoms with van der Waals surface area (Å²) in [5.74, 6) is 1.45. The Morgan fingerprint density at radius 2 is 2.15 bits per heavy atom. The van der Waals surface area contributed by atoms with Crippen LogP contribution >= 0.6 is 11.8 Å². The number of aromatic nitrogens is 2. The van der Waals surface area contributed by atoms with Crippen LogP contribution in [-0.2, 0) is 0 Å². The summed E-state index contributed by atoms with van der Waals surface area (Å²) in [7, 11) is 1.67. The van der Waals surface area contributed by atoms with Gasteiger partial charge in [0.05, 0.1) is 18.1 Å². The topological polar surface area (TPSA) is 53.1 Å². The van der Waals surface area contributed by atoms with E-state index in [9.17, 15) is 0 Å². The molecule has 2 aromatic rings. The van der Waals surface area contributed by atoms with E-state index < -0.39 is 0 Å². The molecule has 0 saturated heterocycles. The van der Waals surface area contributed by atoms with Gasteiger partial charge in [-0.3, -0.25) is 0 Å². The molecule has 2 atom stereocenters. The average Bonchev–Trinajstić information content (AvgIpc) is 2.81. The second-order valence-electron chi connectivity index (χ2n) is 5.32. The third-order valence-corrected chi connectivity index (χ3v) is 5.38. The second-order valence-corrected chi connectivity index (χ2v) is 6.40. The van der Waals surface area contributed by atoms with Crippen LogP contribution in [0.1, 0.15) is 31.7 Å². The van der Waals surface area contributed by atoms with Crippen LogP contribution in [0, 0.1) is 0 Å². The van der Waals surface area contributed by atoms with Crippen molar-refractivity contribution in [2.75, 3.05) is 19.1 Å². The van der Waals surface area contributed by atoms with Crippen LogP contribution in [0.4, 0.5) is 5.95 Å². The van der Waals surface area contributed by atoms with Gasteiger partial charge in [0.25, 0.3) is 0 Å². The maximum absolute atomic E-state index is 6.19. The van der Waals surface area contributed by atoms with Crippen molar-refractivity contribution in [3.8, 4) is 5.75 Å². The number of nitrogens with two attached hydrogens (primary N) is 1. The van der Waals surface area contributed by atoms with E-state index in [0.29, 0.717) is 17.2 Å². The predicted molar refractivity (Wildman–Crippen MR) is 85.5 cm³/mol. The van der Waals surface area contributed by atoms with Crippen molar-refractivity contribution < 1.29 is 4.74 Å². The molecule has 1 saturated carbocycles. The Hall–Kier alpha value is -1.36. The standard InChI is InChI=1S/C15H21N3OS/c1-19-10-7-8-12-11(9-10)17-15(16)18(12)13-5-3-4-6-14(13)20-2/h7-9,13-14H,3-6H2,1-2H3,(H2,16,17). The Labute approximate surface area is 123 Å². The minimum atomic E-state index is 0.456. The van der Waals surface area contributed by atoms with Crippen molar-refractivity contribution in [3.63, 3.8) is 0 Å². The molecule has 0 spiro atoms. The predicted octanol–water partition coefficient (Wildman–Crippen LogP) is 3.47. The number of thioether (sulfide) groups is 1. The summed E-state index contributed by atoms with van der Waals surface area (Å²) in [6.07, 6.45) is 7.25. The third kappa shape index (κ3) is 2.24. The third-order valence-electron chi connectivity index (χ3n) is 4.23.